The third-order valence-corrected chi connectivity index (χ3v) is 3.82. The van der Waals surface area contributed by atoms with Crippen LogP contribution in [0.5, 0.6) is 0 Å². The standard InChI is InChI=1S/C16H34/c1-6-16(15(4)5)13-11-9-7-8-10-12-14(2)3/h14-16H,6-13H2,1-5H3. The van der Waals surface area contributed by atoms with Gasteiger partial charge >= 0.3 is 0 Å². The molecule has 0 aliphatic rings. The molecule has 0 aromatic heterocycles. The van der Waals surface area contributed by atoms with Gasteiger partial charge in [-0.3, -0.25) is 0 Å². The Kier molecular flexibility index (Phi) is 10.2. The molecule has 0 bridgehead atoms. The van der Waals surface area contributed by atoms with Crippen LogP contribution in [0.25, 0.3) is 0 Å². The second-order valence-corrected chi connectivity index (χ2v) is 6.15. The molecular formula is C16H34. The first-order valence-electron chi connectivity index (χ1n) is 7.57. The van der Waals surface area contributed by atoms with Gasteiger partial charge in [0.25, 0.3) is 0 Å². The SMILES string of the molecule is CCC(CCCCCCCC(C)C)C(C)C. The largest absolute Gasteiger partial charge is 0.0651 e. The molecule has 0 amide bonds. The zero-order valence-corrected chi connectivity index (χ0v) is 12.4. The van der Waals surface area contributed by atoms with Crippen LogP contribution in [0.1, 0.15) is 86.0 Å². The average molecular weight is 226 g/mol. The van der Waals surface area contributed by atoms with Crippen LogP contribution in [-0.2, 0) is 0 Å². The maximum Gasteiger partial charge on any atom is -0.0394 e. The van der Waals surface area contributed by atoms with E-state index >= 15 is 0 Å². The van der Waals surface area contributed by atoms with Crippen molar-refractivity contribution in [3.8, 4) is 0 Å². The Morgan fingerprint density at radius 1 is 0.688 bits per heavy atom. The summed E-state index contributed by atoms with van der Waals surface area (Å²) in [5, 5.41) is 0. The molecule has 0 saturated heterocycles. The van der Waals surface area contributed by atoms with Gasteiger partial charge in [0.2, 0.25) is 0 Å². The number of hydrogen-bond donors (Lipinski definition) is 0. The molecule has 0 spiro atoms. The van der Waals surface area contributed by atoms with Crippen molar-refractivity contribution < 1.29 is 0 Å². The van der Waals surface area contributed by atoms with Crippen molar-refractivity contribution >= 4 is 0 Å². The Labute approximate surface area is 104 Å². The predicted octanol–water partition coefficient (Wildman–Crippen LogP) is 6.06. The van der Waals surface area contributed by atoms with E-state index in [0.29, 0.717) is 0 Å². The molecule has 0 saturated carbocycles. The van der Waals surface area contributed by atoms with Crippen LogP contribution < -0.4 is 0 Å². The summed E-state index contributed by atoms with van der Waals surface area (Å²) in [7, 11) is 0. The van der Waals surface area contributed by atoms with Gasteiger partial charge in [-0.2, -0.15) is 0 Å². The summed E-state index contributed by atoms with van der Waals surface area (Å²) in [6.07, 6.45) is 11.5. The fraction of sp³-hybridized carbons (Fsp3) is 1.00. The predicted molar refractivity (Wildman–Crippen MR) is 75.8 cm³/mol. The van der Waals surface area contributed by atoms with Crippen molar-refractivity contribution in [2.24, 2.45) is 17.8 Å². The molecule has 98 valence electrons. The van der Waals surface area contributed by atoms with E-state index in [-0.39, 0.29) is 0 Å². The summed E-state index contributed by atoms with van der Waals surface area (Å²) < 4.78 is 0. The van der Waals surface area contributed by atoms with Crippen LogP contribution in [0, 0.1) is 17.8 Å². The quantitative estimate of drug-likeness (QED) is 0.397. The highest BCUT2D eigenvalue weighted by Gasteiger charge is 2.09. The van der Waals surface area contributed by atoms with E-state index in [2.05, 4.69) is 34.6 Å². The molecule has 0 N–H and O–H groups in total. The van der Waals surface area contributed by atoms with Gasteiger partial charge in [0.05, 0.1) is 0 Å². The zero-order chi connectivity index (χ0) is 12.4. The lowest BCUT2D eigenvalue weighted by atomic mass is 9.88. The van der Waals surface area contributed by atoms with E-state index in [0.717, 1.165) is 17.8 Å². The molecular weight excluding hydrogens is 192 g/mol. The second kappa shape index (κ2) is 10.2. The highest BCUT2D eigenvalue weighted by molar-refractivity contribution is 4.61. The molecule has 1 atom stereocenters. The topological polar surface area (TPSA) is 0 Å². The third-order valence-electron chi connectivity index (χ3n) is 3.82. The van der Waals surface area contributed by atoms with Crippen molar-refractivity contribution in [3.05, 3.63) is 0 Å². The van der Waals surface area contributed by atoms with Gasteiger partial charge in [-0.1, -0.05) is 86.0 Å². The maximum atomic E-state index is 2.37. The van der Waals surface area contributed by atoms with Crippen molar-refractivity contribution in [1.82, 2.24) is 0 Å². The third kappa shape index (κ3) is 9.24. The van der Waals surface area contributed by atoms with Crippen molar-refractivity contribution in [1.29, 1.82) is 0 Å². The Hall–Kier alpha value is 0. The van der Waals surface area contributed by atoms with Crippen LogP contribution >= 0.6 is 0 Å². The van der Waals surface area contributed by atoms with Crippen molar-refractivity contribution in [2.75, 3.05) is 0 Å². The highest BCUT2D eigenvalue weighted by Crippen LogP contribution is 2.22. The van der Waals surface area contributed by atoms with Gasteiger partial charge in [-0.05, 0) is 17.8 Å². The molecule has 1 unspecified atom stereocenters. The molecule has 0 radical (unpaired) electrons. The number of unbranched alkanes of at least 4 members (excludes halogenated alkanes) is 4. The van der Waals surface area contributed by atoms with Crippen LogP contribution in [0.2, 0.25) is 0 Å². The molecule has 0 aliphatic carbocycles. The Morgan fingerprint density at radius 2 is 1.19 bits per heavy atom. The molecule has 16 heavy (non-hydrogen) atoms. The number of rotatable bonds is 10. The molecule has 0 rings (SSSR count). The van der Waals surface area contributed by atoms with Gasteiger partial charge in [0, 0.05) is 0 Å². The van der Waals surface area contributed by atoms with Crippen molar-refractivity contribution in [2.45, 2.75) is 86.0 Å². The average Bonchev–Trinajstić information content (AvgIpc) is 2.21. The van der Waals surface area contributed by atoms with E-state index in [1.54, 1.807) is 0 Å². The van der Waals surface area contributed by atoms with E-state index in [4.69, 9.17) is 0 Å². The molecule has 0 aromatic carbocycles. The zero-order valence-electron chi connectivity index (χ0n) is 12.4. The van der Waals surface area contributed by atoms with Gasteiger partial charge in [-0.15, -0.1) is 0 Å². The molecule has 0 heteroatoms. The van der Waals surface area contributed by atoms with Crippen LogP contribution in [0.15, 0.2) is 0 Å². The minimum atomic E-state index is 0.881. The Balaban J connectivity index is 3.26. The molecule has 0 aromatic rings. The molecule has 0 fully saturated rings. The normalized spacial score (nSPS) is 13.7. The minimum Gasteiger partial charge on any atom is -0.0651 e. The van der Waals surface area contributed by atoms with Gasteiger partial charge in [-0.25, -0.2) is 0 Å². The summed E-state index contributed by atoms with van der Waals surface area (Å²) >= 11 is 0. The second-order valence-electron chi connectivity index (χ2n) is 6.15. The maximum absolute atomic E-state index is 2.37. The summed E-state index contributed by atoms with van der Waals surface area (Å²) in [6.45, 7) is 11.7. The van der Waals surface area contributed by atoms with E-state index in [1.165, 1.54) is 51.4 Å². The highest BCUT2D eigenvalue weighted by atomic mass is 14.2. The molecule has 0 nitrogen and oxygen atoms in total. The van der Waals surface area contributed by atoms with Crippen molar-refractivity contribution in [3.63, 3.8) is 0 Å². The fourth-order valence-electron chi connectivity index (χ4n) is 2.50. The van der Waals surface area contributed by atoms with E-state index < -0.39 is 0 Å². The fourth-order valence-corrected chi connectivity index (χ4v) is 2.50. The molecule has 0 aliphatic heterocycles. The first-order chi connectivity index (χ1) is 7.57. The van der Waals surface area contributed by atoms with Gasteiger partial charge in [0.1, 0.15) is 0 Å². The van der Waals surface area contributed by atoms with Gasteiger partial charge in [0.15, 0.2) is 0 Å². The summed E-state index contributed by atoms with van der Waals surface area (Å²) in [5.41, 5.74) is 0. The first-order valence-corrected chi connectivity index (χ1v) is 7.57. The smallest absolute Gasteiger partial charge is 0.0394 e. The molecule has 0 heterocycles. The minimum absolute atomic E-state index is 0.881. The first kappa shape index (κ1) is 16.0. The lowest BCUT2D eigenvalue weighted by Gasteiger charge is -2.18. The van der Waals surface area contributed by atoms with Crippen LogP contribution in [0.3, 0.4) is 0 Å². The van der Waals surface area contributed by atoms with E-state index in [9.17, 15) is 0 Å². The summed E-state index contributed by atoms with van der Waals surface area (Å²) in [5.74, 6) is 2.74. The number of hydrogen-bond acceptors (Lipinski definition) is 0. The monoisotopic (exact) mass is 226 g/mol. The summed E-state index contributed by atoms with van der Waals surface area (Å²) in [6, 6.07) is 0. The Bertz CT molecular complexity index is 135. The summed E-state index contributed by atoms with van der Waals surface area (Å²) in [4.78, 5) is 0. The van der Waals surface area contributed by atoms with Gasteiger partial charge < -0.3 is 0 Å². The van der Waals surface area contributed by atoms with Crippen LogP contribution in [-0.4, -0.2) is 0 Å². The lowest BCUT2D eigenvalue weighted by Crippen LogP contribution is -2.06. The Morgan fingerprint density at radius 3 is 1.62 bits per heavy atom. The van der Waals surface area contributed by atoms with E-state index in [1.807, 2.05) is 0 Å². The van der Waals surface area contributed by atoms with Crippen LogP contribution in [0.4, 0.5) is 0 Å². The lowest BCUT2D eigenvalue weighted by molar-refractivity contribution is 0.335.